The highest BCUT2D eigenvalue weighted by Crippen LogP contribution is 2.29. The van der Waals surface area contributed by atoms with Crippen LogP contribution in [0.5, 0.6) is 0 Å². The van der Waals surface area contributed by atoms with Crippen molar-refractivity contribution >= 4 is 17.0 Å². The molecule has 18 heavy (non-hydrogen) atoms. The minimum atomic E-state index is 0.244. The van der Waals surface area contributed by atoms with Crippen LogP contribution in [0.15, 0.2) is 30.5 Å². The molecule has 1 N–H and O–H groups in total. The number of nitrogens with zero attached hydrogens (tertiary/aromatic N) is 1. The second-order valence-electron chi connectivity index (χ2n) is 5.56. The van der Waals surface area contributed by atoms with Gasteiger partial charge in [0.15, 0.2) is 0 Å². The van der Waals surface area contributed by atoms with Crippen molar-refractivity contribution in [2.45, 2.75) is 39.7 Å². The molecule has 2 nitrogen and oxygen atoms in total. The quantitative estimate of drug-likeness (QED) is 0.887. The highest BCUT2D eigenvalue weighted by molar-refractivity contribution is 7.12. The van der Waals surface area contributed by atoms with Crippen LogP contribution < -0.4 is 5.32 Å². The maximum Gasteiger partial charge on any atom is 0.0529 e. The van der Waals surface area contributed by atoms with Gasteiger partial charge in [-0.2, -0.15) is 0 Å². The number of thiophene rings is 1. The molecule has 0 fully saturated rings. The lowest BCUT2D eigenvalue weighted by atomic mass is 9.95. The van der Waals surface area contributed by atoms with Crippen LogP contribution in [0.1, 0.15) is 36.2 Å². The van der Waals surface area contributed by atoms with Crippen molar-refractivity contribution in [3.63, 3.8) is 0 Å². The van der Waals surface area contributed by atoms with Crippen LogP contribution in [0.4, 0.5) is 5.69 Å². The number of rotatable bonds is 3. The summed E-state index contributed by atoms with van der Waals surface area (Å²) in [5, 5.41) is 3.40. The van der Waals surface area contributed by atoms with Crippen LogP contribution in [0.2, 0.25) is 0 Å². The van der Waals surface area contributed by atoms with Gasteiger partial charge in [-0.15, -0.1) is 11.3 Å². The topological polar surface area (TPSA) is 24.9 Å². The van der Waals surface area contributed by atoms with Gasteiger partial charge in [0.1, 0.15) is 0 Å². The van der Waals surface area contributed by atoms with Crippen molar-refractivity contribution in [1.82, 2.24) is 4.98 Å². The predicted molar refractivity (Wildman–Crippen MR) is 79.3 cm³/mol. The molecule has 3 heteroatoms. The Morgan fingerprint density at radius 3 is 2.50 bits per heavy atom. The van der Waals surface area contributed by atoms with Gasteiger partial charge in [-0.1, -0.05) is 20.8 Å². The molecule has 0 aliphatic carbocycles. The predicted octanol–water partition coefficient (Wildman–Crippen LogP) is 4.36. The van der Waals surface area contributed by atoms with Crippen LogP contribution >= 0.6 is 11.3 Å². The second kappa shape index (κ2) is 5.11. The van der Waals surface area contributed by atoms with E-state index in [0.29, 0.717) is 0 Å². The van der Waals surface area contributed by atoms with Gasteiger partial charge in [0.2, 0.25) is 0 Å². The van der Waals surface area contributed by atoms with E-state index in [0.717, 1.165) is 17.9 Å². The Hall–Kier alpha value is -1.35. The normalized spacial score (nSPS) is 11.6. The third-order valence-corrected chi connectivity index (χ3v) is 4.29. The third-order valence-electron chi connectivity index (χ3n) is 2.78. The summed E-state index contributed by atoms with van der Waals surface area (Å²) in [6.45, 7) is 9.62. The minimum absolute atomic E-state index is 0.244. The zero-order valence-corrected chi connectivity index (χ0v) is 12.3. The van der Waals surface area contributed by atoms with Crippen LogP contribution in [0.3, 0.4) is 0 Å². The van der Waals surface area contributed by atoms with E-state index in [1.807, 2.05) is 30.5 Å². The molecule has 2 aromatic heterocycles. The Morgan fingerprint density at radius 1 is 1.17 bits per heavy atom. The fraction of sp³-hybridized carbons (Fsp3) is 0.400. The summed E-state index contributed by atoms with van der Waals surface area (Å²) in [6, 6.07) is 8.53. The first-order valence-electron chi connectivity index (χ1n) is 6.21. The van der Waals surface area contributed by atoms with E-state index in [2.05, 4.69) is 49.3 Å². The molecule has 0 spiro atoms. The van der Waals surface area contributed by atoms with E-state index in [1.165, 1.54) is 9.75 Å². The minimum Gasteiger partial charge on any atom is -0.379 e. The van der Waals surface area contributed by atoms with Crippen molar-refractivity contribution in [3.8, 4) is 0 Å². The summed E-state index contributed by atoms with van der Waals surface area (Å²) in [4.78, 5) is 7.07. The molecule has 0 radical (unpaired) electrons. The van der Waals surface area contributed by atoms with Crippen molar-refractivity contribution < 1.29 is 0 Å². The van der Waals surface area contributed by atoms with Crippen molar-refractivity contribution in [1.29, 1.82) is 0 Å². The Balaban J connectivity index is 1.98. The molecule has 0 saturated heterocycles. The summed E-state index contributed by atoms with van der Waals surface area (Å²) in [5.41, 5.74) is 2.37. The summed E-state index contributed by atoms with van der Waals surface area (Å²) in [5.74, 6) is 0. The Morgan fingerprint density at radius 2 is 1.94 bits per heavy atom. The first-order chi connectivity index (χ1) is 8.45. The van der Waals surface area contributed by atoms with Crippen LogP contribution in [0, 0.1) is 6.92 Å². The maximum absolute atomic E-state index is 4.28. The molecular formula is C15H20N2S. The first kappa shape index (κ1) is 13.1. The van der Waals surface area contributed by atoms with E-state index >= 15 is 0 Å². The Labute approximate surface area is 113 Å². The molecule has 2 rings (SSSR count). The standard InChI is InChI=1S/C15H20N2S/c1-11-5-6-12(9-16-11)17-10-13-7-8-14(18-13)15(2,3)4/h5-9,17H,10H2,1-4H3. The van der Waals surface area contributed by atoms with Gasteiger partial charge in [-0.3, -0.25) is 4.98 Å². The summed E-state index contributed by atoms with van der Waals surface area (Å²) < 4.78 is 0. The molecule has 0 aliphatic rings. The number of aromatic nitrogens is 1. The van der Waals surface area contributed by atoms with Crippen molar-refractivity contribution in [3.05, 3.63) is 45.9 Å². The maximum atomic E-state index is 4.28. The van der Waals surface area contributed by atoms with Crippen molar-refractivity contribution in [2.24, 2.45) is 0 Å². The monoisotopic (exact) mass is 260 g/mol. The average molecular weight is 260 g/mol. The molecular weight excluding hydrogens is 240 g/mol. The number of anilines is 1. The molecule has 96 valence electrons. The highest BCUT2D eigenvalue weighted by atomic mass is 32.1. The summed E-state index contributed by atoms with van der Waals surface area (Å²) in [6.07, 6.45) is 1.88. The third kappa shape index (κ3) is 3.33. The molecule has 0 unspecified atom stereocenters. The Kier molecular flexibility index (Phi) is 3.71. The van der Waals surface area contributed by atoms with Gasteiger partial charge < -0.3 is 5.32 Å². The van der Waals surface area contributed by atoms with Crippen LogP contribution in [-0.4, -0.2) is 4.98 Å². The fourth-order valence-corrected chi connectivity index (χ4v) is 2.64. The summed E-state index contributed by atoms with van der Waals surface area (Å²) in [7, 11) is 0. The molecule has 2 aromatic rings. The smallest absolute Gasteiger partial charge is 0.0529 e. The molecule has 2 heterocycles. The van der Waals surface area contributed by atoms with E-state index in [9.17, 15) is 0 Å². The number of pyridine rings is 1. The lowest BCUT2D eigenvalue weighted by Gasteiger charge is -2.15. The van der Waals surface area contributed by atoms with Gasteiger partial charge in [0.25, 0.3) is 0 Å². The number of hydrogen-bond acceptors (Lipinski definition) is 3. The van der Waals surface area contributed by atoms with E-state index in [1.54, 1.807) is 0 Å². The lowest BCUT2D eigenvalue weighted by Crippen LogP contribution is -2.07. The zero-order chi connectivity index (χ0) is 13.2. The number of aryl methyl sites for hydroxylation is 1. The SMILES string of the molecule is Cc1ccc(NCc2ccc(C(C)(C)C)s2)cn1. The average Bonchev–Trinajstić information content (AvgIpc) is 2.77. The van der Waals surface area contributed by atoms with Gasteiger partial charge in [0, 0.05) is 22.0 Å². The van der Waals surface area contributed by atoms with Gasteiger partial charge in [-0.05, 0) is 36.6 Å². The number of nitrogens with one attached hydrogen (secondary N) is 1. The first-order valence-corrected chi connectivity index (χ1v) is 7.02. The summed E-state index contributed by atoms with van der Waals surface area (Å²) >= 11 is 1.88. The van der Waals surface area contributed by atoms with Crippen molar-refractivity contribution in [2.75, 3.05) is 5.32 Å². The molecule has 0 atom stereocenters. The second-order valence-corrected chi connectivity index (χ2v) is 6.73. The van der Waals surface area contributed by atoms with E-state index in [-0.39, 0.29) is 5.41 Å². The molecule has 0 aromatic carbocycles. The molecule has 0 bridgehead atoms. The van der Waals surface area contributed by atoms with Gasteiger partial charge >= 0.3 is 0 Å². The molecule has 0 amide bonds. The highest BCUT2D eigenvalue weighted by Gasteiger charge is 2.15. The zero-order valence-electron chi connectivity index (χ0n) is 11.4. The lowest BCUT2D eigenvalue weighted by molar-refractivity contribution is 0.604. The van der Waals surface area contributed by atoms with Gasteiger partial charge in [0.05, 0.1) is 11.9 Å². The number of hydrogen-bond donors (Lipinski definition) is 1. The van der Waals surface area contributed by atoms with Crippen LogP contribution in [-0.2, 0) is 12.0 Å². The van der Waals surface area contributed by atoms with Gasteiger partial charge in [-0.25, -0.2) is 0 Å². The fourth-order valence-electron chi connectivity index (χ4n) is 1.64. The van der Waals surface area contributed by atoms with E-state index < -0.39 is 0 Å². The Bertz CT molecular complexity index is 506. The van der Waals surface area contributed by atoms with E-state index in [4.69, 9.17) is 0 Å². The van der Waals surface area contributed by atoms with Crippen LogP contribution in [0.25, 0.3) is 0 Å². The largest absolute Gasteiger partial charge is 0.379 e. The molecule has 0 aliphatic heterocycles. The molecule has 0 saturated carbocycles.